The molecule has 196 valence electrons. The molecule has 2 aromatic rings. The average molecular weight is 533 g/mol. The van der Waals surface area contributed by atoms with Crippen LogP contribution >= 0.6 is 11.3 Å². The van der Waals surface area contributed by atoms with Crippen molar-refractivity contribution in [3.8, 4) is 0 Å². The van der Waals surface area contributed by atoms with Crippen LogP contribution in [-0.4, -0.2) is 74.1 Å². The average Bonchev–Trinajstić information content (AvgIpc) is 3.54. The summed E-state index contributed by atoms with van der Waals surface area (Å²) in [7, 11) is -2.03. The number of rotatable bonds is 9. The molecule has 1 N–H and O–H groups in total. The number of likely N-dealkylation sites (tertiary alicyclic amines) is 1. The zero-order valence-electron chi connectivity index (χ0n) is 21.4. The van der Waals surface area contributed by atoms with Gasteiger partial charge in [-0.05, 0) is 62.1 Å². The number of nitrogens with zero attached hydrogens (tertiary/aromatic N) is 3. The standard InChI is InChI=1S/C26H36N4O4S2/c1-4-6-14-28(3)36(33,34)20-11-9-19(10-12-20)24(31)27-25-23(26(32)30-15-7-8-16-30)21-13-17-29(5-2)18-22(21)35-25/h9-12H,4-8,13-18H2,1-3H3,(H,27,31). The largest absolute Gasteiger partial charge is 0.339 e. The Hall–Kier alpha value is -2.27. The molecular weight excluding hydrogens is 496 g/mol. The summed E-state index contributed by atoms with van der Waals surface area (Å²) < 4.78 is 26.9. The van der Waals surface area contributed by atoms with Gasteiger partial charge < -0.3 is 10.2 Å². The Balaban J connectivity index is 1.57. The molecule has 0 saturated carbocycles. The second kappa shape index (κ2) is 11.4. The highest BCUT2D eigenvalue weighted by Gasteiger charge is 2.32. The maximum Gasteiger partial charge on any atom is 0.257 e. The molecule has 2 aliphatic heterocycles. The predicted molar refractivity (Wildman–Crippen MR) is 143 cm³/mol. The van der Waals surface area contributed by atoms with Crippen LogP contribution in [0.4, 0.5) is 5.00 Å². The van der Waals surface area contributed by atoms with Crippen LogP contribution in [0.15, 0.2) is 29.2 Å². The third-order valence-electron chi connectivity index (χ3n) is 7.07. The van der Waals surface area contributed by atoms with E-state index >= 15 is 0 Å². The van der Waals surface area contributed by atoms with Gasteiger partial charge in [-0.3, -0.25) is 14.5 Å². The van der Waals surface area contributed by atoms with Gasteiger partial charge in [-0.15, -0.1) is 11.3 Å². The smallest absolute Gasteiger partial charge is 0.257 e. The number of thiophene rings is 1. The van der Waals surface area contributed by atoms with Crippen molar-refractivity contribution < 1.29 is 18.0 Å². The molecule has 1 aromatic carbocycles. The molecule has 3 heterocycles. The maximum absolute atomic E-state index is 13.5. The number of amides is 2. The summed E-state index contributed by atoms with van der Waals surface area (Å²) in [5.41, 5.74) is 2.05. The molecule has 0 spiro atoms. The van der Waals surface area contributed by atoms with Crippen LogP contribution in [0.3, 0.4) is 0 Å². The van der Waals surface area contributed by atoms with Gasteiger partial charge in [-0.2, -0.15) is 0 Å². The van der Waals surface area contributed by atoms with Gasteiger partial charge in [0.2, 0.25) is 10.0 Å². The number of carbonyl (C=O) groups excluding carboxylic acids is 2. The monoisotopic (exact) mass is 532 g/mol. The molecule has 0 radical (unpaired) electrons. The summed E-state index contributed by atoms with van der Waals surface area (Å²) in [6.45, 7) is 8.72. The number of anilines is 1. The summed E-state index contributed by atoms with van der Waals surface area (Å²) in [5.74, 6) is -0.346. The van der Waals surface area contributed by atoms with E-state index in [9.17, 15) is 18.0 Å². The molecule has 1 aromatic heterocycles. The van der Waals surface area contributed by atoms with Gasteiger partial charge in [0, 0.05) is 50.2 Å². The normalized spacial score (nSPS) is 16.4. The zero-order valence-corrected chi connectivity index (χ0v) is 23.0. The van der Waals surface area contributed by atoms with E-state index in [1.165, 1.54) is 39.9 Å². The molecular formula is C26H36N4O4S2. The number of sulfonamides is 1. The summed E-state index contributed by atoms with van der Waals surface area (Å²) in [6, 6.07) is 6.01. The number of hydrogen-bond donors (Lipinski definition) is 1. The highest BCUT2D eigenvalue weighted by molar-refractivity contribution is 7.89. The summed E-state index contributed by atoms with van der Waals surface area (Å²) in [4.78, 5) is 32.2. The highest BCUT2D eigenvalue weighted by atomic mass is 32.2. The Bertz CT molecular complexity index is 1200. The molecule has 0 atom stereocenters. The number of fused-ring (bicyclic) bond motifs is 1. The first-order valence-electron chi connectivity index (χ1n) is 12.8. The number of unbranched alkanes of at least 4 members (excludes halogenated alkanes) is 1. The second-order valence-corrected chi connectivity index (χ2v) is 12.6. The quantitative estimate of drug-likeness (QED) is 0.527. The fourth-order valence-electron chi connectivity index (χ4n) is 4.75. The van der Waals surface area contributed by atoms with Crippen molar-refractivity contribution in [2.75, 3.05) is 45.1 Å². The third kappa shape index (κ3) is 5.51. The van der Waals surface area contributed by atoms with Crippen molar-refractivity contribution in [1.82, 2.24) is 14.1 Å². The number of benzene rings is 1. The molecule has 0 unspecified atom stereocenters. The summed E-state index contributed by atoms with van der Waals surface area (Å²) >= 11 is 1.49. The topological polar surface area (TPSA) is 90.0 Å². The van der Waals surface area contributed by atoms with Crippen LogP contribution in [0.5, 0.6) is 0 Å². The van der Waals surface area contributed by atoms with Gasteiger partial charge in [0.1, 0.15) is 5.00 Å². The van der Waals surface area contributed by atoms with E-state index in [1.54, 1.807) is 7.05 Å². The van der Waals surface area contributed by atoms with Crippen LogP contribution < -0.4 is 5.32 Å². The molecule has 1 saturated heterocycles. The summed E-state index contributed by atoms with van der Waals surface area (Å²) in [6.07, 6.45) is 4.50. The number of carbonyl (C=O) groups is 2. The van der Waals surface area contributed by atoms with Gasteiger partial charge in [-0.1, -0.05) is 20.3 Å². The molecule has 10 heteroatoms. The van der Waals surface area contributed by atoms with Crippen molar-refractivity contribution in [2.45, 2.75) is 57.4 Å². The van der Waals surface area contributed by atoms with Crippen molar-refractivity contribution in [3.63, 3.8) is 0 Å². The van der Waals surface area contributed by atoms with Gasteiger partial charge in [-0.25, -0.2) is 12.7 Å². The SMILES string of the molecule is CCCCN(C)S(=O)(=O)c1ccc(C(=O)Nc2sc3c(c2C(=O)N2CCCC2)CCN(CC)C3)cc1. The van der Waals surface area contributed by atoms with E-state index in [0.717, 1.165) is 75.3 Å². The zero-order chi connectivity index (χ0) is 25.9. The molecule has 0 bridgehead atoms. The lowest BCUT2D eigenvalue weighted by Crippen LogP contribution is -2.32. The van der Waals surface area contributed by atoms with Crippen molar-refractivity contribution in [2.24, 2.45) is 0 Å². The first-order valence-corrected chi connectivity index (χ1v) is 15.1. The minimum absolute atomic E-state index is 0.00167. The lowest BCUT2D eigenvalue weighted by Gasteiger charge is -2.26. The molecule has 36 heavy (non-hydrogen) atoms. The van der Waals surface area contributed by atoms with Gasteiger partial charge in [0.15, 0.2) is 0 Å². The van der Waals surface area contributed by atoms with E-state index in [2.05, 4.69) is 17.1 Å². The fourth-order valence-corrected chi connectivity index (χ4v) is 7.24. The first kappa shape index (κ1) is 26.8. The van der Waals surface area contributed by atoms with Gasteiger partial charge in [0.25, 0.3) is 11.8 Å². The molecule has 2 aliphatic rings. The minimum atomic E-state index is -3.60. The van der Waals surface area contributed by atoms with Crippen LogP contribution in [-0.2, 0) is 23.0 Å². The van der Waals surface area contributed by atoms with Crippen LogP contribution in [0.25, 0.3) is 0 Å². The maximum atomic E-state index is 13.5. The fraction of sp³-hybridized carbons (Fsp3) is 0.538. The van der Waals surface area contributed by atoms with Crippen molar-refractivity contribution >= 4 is 38.2 Å². The lowest BCUT2D eigenvalue weighted by molar-refractivity contribution is 0.0792. The highest BCUT2D eigenvalue weighted by Crippen LogP contribution is 2.38. The number of nitrogens with one attached hydrogen (secondary N) is 1. The predicted octanol–water partition coefficient (Wildman–Crippen LogP) is 4.04. The van der Waals surface area contributed by atoms with E-state index < -0.39 is 10.0 Å². The Kier molecular flexibility index (Phi) is 8.49. The Morgan fingerprint density at radius 3 is 2.42 bits per heavy atom. The van der Waals surface area contributed by atoms with Crippen molar-refractivity contribution in [1.29, 1.82) is 0 Å². The Morgan fingerprint density at radius 2 is 1.78 bits per heavy atom. The summed E-state index contributed by atoms with van der Waals surface area (Å²) in [5, 5.41) is 3.58. The molecule has 1 fully saturated rings. The van der Waals surface area contributed by atoms with Crippen molar-refractivity contribution in [3.05, 3.63) is 45.8 Å². The molecule has 2 amide bonds. The minimum Gasteiger partial charge on any atom is -0.339 e. The van der Waals surface area contributed by atoms with Crippen LogP contribution in [0.1, 0.15) is 70.7 Å². The molecule has 4 rings (SSSR count). The lowest BCUT2D eigenvalue weighted by atomic mass is 10.0. The van der Waals surface area contributed by atoms with Gasteiger partial charge in [0.05, 0.1) is 10.5 Å². The van der Waals surface area contributed by atoms with Crippen LogP contribution in [0.2, 0.25) is 0 Å². The van der Waals surface area contributed by atoms with E-state index in [1.807, 2.05) is 11.8 Å². The number of likely N-dealkylation sites (N-methyl/N-ethyl adjacent to an activating group) is 1. The second-order valence-electron chi connectivity index (χ2n) is 9.48. The third-order valence-corrected chi connectivity index (χ3v) is 10.1. The van der Waals surface area contributed by atoms with Gasteiger partial charge >= 0.3 is 0 Å². The van der Waals surface area contributed by atoms with E-state index in [0.29, 0.717) is 22.7 Å². The first-order chi connectivity index (χ1) is 17.3. The van der Waals surface area contributed by atoms with E-state index in [4.69, 9.17) is 0 Å². The molecule has 0 aliphatic carbocycles. The van der Waals surface area contributed by atoms with E-state index in [-0.39, 0.29) is 16.7 Å². The number of hydrogen-bond acceptors (Lipinski definition) is 6. The van der Waals surface area contributed by atoms with Crippen LogP contribution in [0, 0.1) is 0 Å². The Morgan fingerprint density at radius 1 is 1.08 bits per heavy atom. The molecule has 8 nitrogen and oxygen atoms in total. The Labute approximate surface area is 218 Å².